The number of anilines is 1. The lowest BCUT2D eigenvalue weighted by atomic mass is 10.0. The molecular weight excluding hydrogens is 386 g/mol. The molecule has 7 heteroatoms. The molecule has 1 amide bonds. The number of ether oxygens (including phenoxy) is 1. The molecule has 0 radical (unpaired) electrons. The summed E-state index contributed by atoms with van der Waals surface area (Å²) in [4.78, 5) is 17.0. The maximum absolute atomic E-state index is 12.5. The monoisotopic (exact) mass is 405 g/mol. The highest BCUT2D eigenvalue weighted by Gasteiger charge is 2.14. The highest BCUT2D eigenvalue weighted by atomic mass is 32.1. The van der Waals surface area contributed by atoms with Gasteiger partial charge in [-0.05, 0) is 49.2 Å². The SMILES string of the molecule is COc1ccc(/C=C(\C#N)C(=O)Nc2nc(-c3cc(C)ccc3C)cs2)cc1O. The zero-order chi connectivity index (χ0) is 21.0. The Morgan fingerprint density at radius 1 is 1.28 bits per heavy atom. The molecule has 0 aliphatic rings. The molecule has 0 bridgehead atoms. The molecular formula is C22H19N3O3S. The minimum atomic E-state index is -0.565. The van der Waals surface area contributed by atoms with Crippen molar-refractivity contribution < 1.29 is 14.6 Å². The Morgan fingerprint density at radius 2 is 2.07 bits per heavy atom. The first-order chi connectivity index (χ1) is 13.9. The highest BCUT2D eigenvalue weighted by Crippen LogP contribution is 2.29. The van der Waals surface area contributed by atoms with E-state index in [0.29, 0.717) is 16.4 Å². The first-order valence-electron chi connectivity index (χ1n) is 8.74. The van der Waals surface area contributed by atoms with E-state index in [0.717, 1.165) is 22.4 Å². The van der Waals surface area contributed by atoms with Crippen LogP contribution in [0.15, 0.2) is 47.4 Å². The van der Waals surface area contributed by atoms with E-state index in [2.05, 4.69) is 10.3 Å². The average Bonchev–Trinajstić information content (AvgIpc) is 3.16. The summed E-state index contributed by atoms with van der Waals surface area (Å²) in [7, 11) is 1.44. The van der Waals surface area contributed by atoms with Crippen molar-refractivity contribution >= 4 is 28.5 Å². The van der Waals surface area contributed by atoms with E-state index in [4.69, 9.17) is 4.74 Å². The van der Waals surface area contributed by atoms with Crippen molar-refractivity contribution in [2.45, 2.75) is 13.8 Å². The van der Waals surface area contributed by atoms with Crippen LogP contribution in [0.25, 0.3) is 17.3 Å². The Bertz CT molecular complexity index is 1140. The summed E-state index contributed by atoms with van der Waals surface area (Å²) in [6.45, 7) is 4.02. The Morgan fingerprint density at radius 3 is 2.76 bits per heavy atom. The van der Waals surface area contributed by atoms with Crippen LogP contribution in [0.3, 0.4) is 0 Å². The number of hydrogen-bond acceptors (Lipinski definition) is 6. The summed E-state index contributed by atoms with van der Waals surface area (Å²) in [6, 6.07) is 12.6. The van der Waals surface area contributed by atoms with E-state index in [1.54, 1.807) is 12.1 Å². The summed E-state index contributed by atoms with van der Waals surface area (Å²) in [6.07, 6.45) is 1.40. The third kappa shape index (κ3) is 4.62. The van der Waals surface area contributed by atoms with Crippen molar-refractivity contribution in [1.29, 1.82) is 5.26 Å². The number of carbonyl (C=O) groups excluding carboxylic acids is 1. The van der Waals surface area contributed by atoms with E-state index in [-0.39, 0.29) is 11.3 Å². The number of phenols is 1. The molecule has 6 nitrogen and oxygen atoms in total. The quantitative estimate of drug-likeness (QED) is 0.474. The number of hydrogen-bond donors (Lipinski definition) is 2. The predicted molar refractivity (Wildman–Crippen MR) is 114 cm³/mol. The smallest absolute Gasteiger partial charge is 0.268 e. The van der Waals surface area contributed by atoms with Crippen LogP contribution in [-0.2, 0) is 4.79 Å². The van der Waals surface area contributed by atoms with Gasteiger partial charge in [-0.3, -0.25) is 10.1 Å². The van der Waals surface area contributed by atoms with Crippen molar-refractivity contribution in [1.82, 2.24) is 4.98 Å². The van der Waals surface area contributed by atoms with Crippen LogP contribution < -0.4 is 10.1 Å². The minimum Gasteiger partial charge on any atom is -0.504 e. The number of phenolic OH excluding ortho intramolecular Hbond substituents is 1. The van der Waals surface area contributed by atoms with E-state index < -0.39 is 5.91 Å². The number of nitriles is 1. The van der Waals surface area contributed by atoms with Crippen LogP contribution in [-0.4, -0.2) is 23.1 Å². The number of thiazole rings is 1. The number of nitrogens with one attached hydrogen (secondary N) is 1. The number of aromatic hydroxyl groups is 1. The fourth-order valence-corrected chi connectivity index (χ4v) is 3.45. The number of benzene rings is 2. The van der Waals surface area contributed by atoms with Gasteiger partial charge in [0.1, 0.15) is 11.6 Å². The van der Waals surface area contributed by atoms with Crippen molar-refractivity contribution in [2.75, 3.05) is 12.4 Å². The largest absolute Gasteiger partial charge is 0.504 e. The molecule has 3 rings (SSSR count). The fraction of sp³-hybridized carbons (Fsp3) is 0.136. The molecule has 29 heavy (non-hydrogen) atoms. The zero-order valence-corrected chi connectivity index (χ0v) is 17.0. The molecule has 0 saturated heterocycles. The zero-order valence-electron chi connectivity index (χ0n) is 16.2. The summed E-state index contributed by atoms with van der Waals surface area (Å²) < 4.78 is 4.99. The molecule has 146 valence electrons. The van der Waals surface area contributed by atoms with Crippen molar-refractivity contribution in [3.63, 3.8) is 0 Å². The minimum absolute atomic E-state index is 0.0722. The van der Waals surface area contributed by atoms with Gasteiger partial charge >= 0.3 is 0 Å². The number of amides is 1. The van der Waals surface area contributed by atoms with Crippen LogP contribution in [0.4, 0.5) is 5.13 Å². The molecule has 1 aromatic heterocycles. The molecule has 2 N–H and O–H groups in total. The van der Waals surface area contributed by atoms with Gasteiger partial charge in [-0.2, -0.15) is 5.26 Å². The standard InChI is InChI=1S/C22H19N3O3S/c1-13-4-5-14(2)17(8-13)18-12-29-22(24-18)25-21(27)16(11-23)9-15-6-7-20(28-3)19(26)10-15/h4-10,12,26H,1-3H3,(H,24,25,27)/b16-9+. The third-order valence-corrected chi connectivity index (χ3v) is 5.03. The van der Waals surface area contributed by atoms with Gasteiger partial charge < -0.3 is 9.84 Å². The molecule has 1 heterocycles. The number of aromatic nitrogens is 1. The molecule has 0 fully saturated rings. The Hall–Kier alpha value is -3.63. The van der Waals surface area contributed by atoms with Gasteiger partial charge in [-0.25, -0.2) is 4.98 Å². The Labute approximate surface area is 172 Å². The van der Waals surface area contributed by atoms with Gasteiger partial charge in [-0.1, -0.05) is 23.8 Å². The highest BCUT2D eigenvalue weighted by molar-refractivity contribution is 7.14. The molecule has 0 atom stereocenters. The van der Waals surface area contributed by atoms with Crippen molar-refractivity contribution in [3.05, 3.63) is 64.0 Å². The number of carbonyl (C=O) groups is 1. The molecule has 0 aliphatic carbocycles. The number of rotatable bonds is 5. The first-order valence-corrected chi connectivity index (χ1v) is 9.62. The molecule has 0 aliphatic heterocycles. The summed E-state index contributed by atoms with van der Waals surface area (Å²) in [5, 5.41) is 24.2. The number of aryl methyl sites for hydroxylation is 2. The van der Waals surface area contributed by atoms with Gasteiger partial charge in [0.15, 0.2) is 16.6 Å². The van der Waals surface area contributed by atoms with E-state index in [9.17, 15) is 15.2 Å². The summed E-state index contributed by atoms with van der Waals surface area (Å²) >= 11 is 1.29. The van der Waals surface area contributed by atoms with Crippen molar-refractivity contribution in [3.8, 4) is 28.8 Å². The van der Waals surface area contributed by atoms with Gasteiger partial charge in [0.2, 0.25) is 0 Å². The van der Waals surface area contributed by atoms with Gasteiger partial charge in [0, 0.05) is 10.9 Å². The average molecular weight is 405 g/mol. The summed E-state index contributed by atoms with van der Waals surface area (Å²) in [5.74, 6) is -0.325. The lowest BCUT2D eigenvalue weighted by Gasteiger charge is -2.05. The molecule has 0 saturated carbocycles. The van der Waals surface area contributed by atoms with Crippen LogP contribution in [0, 0.1) is 25.2 Å². The maximum atomic E-state index is 12.5. The number of nitrogens with zero attached hydrogens (tertiary/aromatic N) is 2. The second kappa shape index (κ2) is 8.59. The Balaban J connectivity index is 1.80. The molecule has 2 aromatic carbocycles. The molecule has 3 aromatic rings. The lowest BCUT2D eigenvalue weighted by molar-refractivity contribution is -0.112. The number of methoxy groups -OCH3 is 1. The van der Waals surface area contributed by atoms with E-state index in [1.165, 1.54) is 30.6 Å². The van der Waals surface area contributed by atoms with Crippen molar-refractivity contribution in [2.24, 2.45) is 0 Å². The lowest BCUT2D eigenvalue weighted by Crippen LogP contribution is -2.13. The van der Waals surface area contributed by atoms with E-state index in [1.807, 2.05) is 43.5 Å². The van der Waals surface area contributed by atoms with Crippen LogP contribution in [0.5, 0.6) is 11.5 Å². The summed E-state index contributed by atoms with van der Waals surface area (Å²) in [5.41, 5.74) is 4.40. The van der Waals surface area contributed by atoms with Crippen LogP contribution >= 0.6 is 11.3 Å². The molecule has 0 spiro atoms. The maximum Gasteiger partial charge on any atom is 0.268 e. The second-order valence-corrected chi connectivity index (χ2v) is 7.27. The van der Waals surface area contributed by atoms with E-state index >= 15 is 0 Å². The van der Waals surface area contributed by atoms with Gasteiger partial charge in [0.25, 0.3) is 5.91 Å². The third-order valence-electron chi connectivity index (χ3n) is 4.27. The normalized spacial score (nSPS) is 11.0. The Kier molecular flexibility index (Phi) is 5.96. The topological polar surface area (TPSA) is 95.2 Å². The second-order valence-electron chi connectivity index (χ2n) is 6.41. The van der Waals surface area contributed by atoms with Gasteiger partial charge in [-0.15, -0.1) is 11.3 Å². The predicted octanol–water partition coefficient (Wildman–Crippen LogP) is 4.69. The first kappa shape index (κ1) is 20.1. The fourth-order valence-electron chi connectivity index (χ4n) is 2.74. The van der Waals surface area contributed by atoms with Crippen LogP contribution in [0.2, 0.25) is 0 Å². The molecule has 0 unspecified atom stereocenters. The van der Waals surface area contributed by atoms with Crippen LogP contribution in [0.1, 0.15) is 16.7 Å². The van der Waals surface area contributed by atoms with Gasteiger partial charge in [0.05, 0.1) is 12.8 Å².